The predicted octanol–water partition coefficient (Wildman–Crippen LogP) is 7.57. The number of nitrogens with zero attached hydrogens (tertiary/aromatic N) is 1. The Labute approximate surface area is 185 Å². The van der Waals surface area contributed by atoms with Crippen LogP contribution in [0.25, 0.3) is 0 Å². The first-order chi connectivity index (χ1) is 14.4. The van der Waals surface area contributed by atoms with Crippen LogP contribution < -0.4 is 0 Å². The summed E-state index contributed by atoms with van der Waals surface area (Å²) in [5, 5.41) is 0. The molecule has 1 amide bonds. The van der Waals surface area contributed by atoms with Crippen molar-refractivity contribution in [3.63, 3.8) is 0 Å². The topological polar surface area (TPSA) is 20.3 Å². The van der Waals surface area contributed by atoms with Gasteiger partial charge in [-0.05, 0) is 47.6 Å². The van der Waals surface area contributed by atoms with E-state index in [-0.39, 0.29) is 17.4 Å². The molecule has 2 nitrogen and oxygen atoms in total. The minimum Gasteiger partial charge on any atom is -0.336 e. The third-order valence-electron chi connectivity index (χ3n) is 5.27. The zero-order valence-corrected chi connectivity index (χ0v) is 19.8. The number of benzene rings is 2. The van der Waals surface area contributed by atoms with Gasteiger partial charge in [-0.15, -0.1) is 0 Å². The van der Waals surface area contributed by atoms with Crippen LogP contribution in [-0.4, -0.2) is 17.4 Å². The molecule has 1 unspecified atom stereocenters. The van der Waals surface area contributed by atoms with Gasteiger partial charge in [0.1, 0.15) is 0 Å². The Morgan fingerprint density at radius 1 is 0.903 bits per heavy atom. The van der Waals surface area contributed by atoms with Gasteiger partial charge in [0, 0.05) is 13.0 Å². The number of halogens is 3. The lowest BCUT2D eigenvalue weighted by atomic mass is 9.86. The van der Waals surface area contributed by atoms with Crippen LogP contribution in [0.5, 0.6) is 0 Å². The highest BCUT2D eigenvalue weighted by Crippen LogP contribution is 2.30. The fourth-order valence-corrected chi connectivity index (χ4v) is 3.29. The molecule has 0 aliphatic heterocycles. The Morgan fingerprint density at radius 2 is 1.39 bits per heavy atom. The van der Waals surface area contributed by atoms with Crippen molar-refractivity contribution >= 4 is 5.91 Å². The minimum atomic E-state index is -4.34. The zero-order valence-electron chi connectivity index (χ0n) is 19.8. The molecular weight excluding hydrogens is 399 g/mol. The first-order valence-corrected chi connectivity index (χ1v) is 11.0. The van der Waals surface area contributed by atoms with E-state index in [1.54, 1.807) is 0 Å². The molecule has 0 fully saturated rings. The third kappa shape index (κ3) is 7.71. The maximum Gasteiger partial charge on any atom is 0.416 e. The average molecular weight is 436 g/mol. The molecule has 0 spiro atoms. The summed E-state index contributed by atoms with van der Waals surface area (Å²) in [5.41, 5.74) is 2.46. The number of rotatable bonds is 6. The van der Waals surface area contributed by atoms with Crippen LogP contribution in [0.1, 0.15) is 83.2 Å². The van der Waals surface area contributed by atoms with E-state index in [9.17, 15) is 18.0 Å². The smallest absolute Gasteiger partial charge is 0.336 e. The number of hydrogen-bond donors (Lipinski definition) is 0. The highest BCUT2D eigenvalue weighted by molar-refractivity contribution is 5.76. The molecule has 0 N–H and O–H groups in total. The standard InChI is InChI=1S/C24H30F3NO.C2H6/c1-6-22(29)28(16-15-18-7-11-21(12-8-18)24(25,26)27)17(2)19-9-13-20(14-10-19)23(3,4)5;1-2/h7-14,17H,6,15-16H2,1-5H3;1-2H3. The molecule has 2 aromatic carbocycles. The maximum absolute atomic E-state index is 12.7. The van der Waals surface area contributed by atoms with Gasteiger partial charge >= 0.3 is 6.18 Å². The monoisotopic (exact) mass is 435 g/mol. The van der Waals surface area contributed by atoms with Crippen molar-refractivity contribution < 1.29 is 18.0 Å². The van der Waals surface area contributed by atoms with Crippen molar-refractivity contribution in [2.24, 2.45) is 0 Å². The van der Waals surface area contributed by atoms with Crippen LogP contribution in [0.3, 0.4) is 0 Å². The van der Waals surface area contributed by atoms with E-state index in [4.69, 9.17) is 0 Å². The van der Waals surface area contributed by atoms with E-state index in [0.29, 0.717) is 19.4 Å². The van der Waals surface area contributed by atoms with Gasteiger partial charge in [0.2, 0.25) is 5.91 Å². The lowest BCUT2D eigenvalue weighted by Gasteiger charge is -2.30. The fourth-order valence-electron chi connectivity index (χ4n) is 3.29. The molecule has 172 valence electrons. The summed E-state index contributed by atoms with van der Waals surface area (Å²) in [6, 6.07) is 13.4. The fraction of sp³-hybridized carbons (Fsp3) is 0.500. The number of carbonyl (C=O) groups is 1. The van der Waals surface area contributed by atoms with Crippen molar-refractivity contribution in [1.82, 2.24) is 4.90 Å². The molecule has 0 bridgehead atoms. The van der Waals surface area contributed by atoms with Crippen molar-refractivity contribution in [3.05, 3.63) is 70.8 Å². The highest BCUT2D eigenvalue weighted by Gasteiger charge is 2.30. The van der Waals surface area contributed by atoms with Gasteiger partial charge in [-0.1, -0.05) is 77.9 Å². The highest BCUT2D eigenvalue weighted by atomic mass is 19.4. The van der Waals surface area contributed by atoms with Crippen molar-refractivity contribution in [3.8, 4) is 0 Å². The Bertz CT molecular complexity index is 803. The summed E-state index contributed by atoms with van der Waals surface area (Å²) in [5.74, 6) is 0.0318. The van der Waals surface area contributed by atoms with Gasteiger partial charge in [0.15, 0.2) is 0 Å². The predicted molar refractivity (Wildman–Crippen MR) is 122 cm³/mol. The molecule has 0 radical (unpaired) electrons. The summed E-state index contributed by atoms with van der Waals surface area (Å²) in [6.45, 7) is 14.7. The molecule has 0 aliphatic carbocycles. The summed E-state index contributed by atoms with van der Waals surface area (Å²) in [7, 11) is 0. The Balaban J connectivity index is 0.00000233. The average Bonchev–Trinajstić information content (AvgIpc) is 2.74. The molecule has 0 heterocycles. The zero-order chi connectivity index (χ0) is 23.8. The normalized spacial score (nSPS) is 12.6. The van der Waals surface area contributed by atoms with Gasteiger partial charge in [-0.3, -0.25) is 4.79 Å². The maximum atomic E-state index is 12.7. The number of hydrogen-bond acceptors (Lipinski definition) is 1. The van der Waals surface area contributed by atoms with E-state index in [1.807, 2.05) is 32.6 Å². The van der Waals surface area contributed by atoms with Crippen LogP contribution in [0.2, 0.25) is 0 Å². The van der Waals surface area contributed by atoms with E-state index in [0.717, 1.165) is 23.3 Å². The largest absolute Gasteiger partial charge is 0.416 e. The van der Waals surface area contributed by atoms with Crippen LogP contribution in [0.15, 0.2) is 48.5 Å². The second-order valence-electron chi connectivity index (χ2n) is 8.43. The first-order valence-electron chi connectivity index (χ1n) is 11.0. The Hall–Kier alpha value is -2.30. The molecule has 0 aliphatic rings. The molecule has 1 atom stereocenters. The van der Waals surface area contributed by atoms with E-state index >= 15 is 0 Å². The molecule has 0 saturated heterocycles. The van der Waals surface area contributed by atoms with Crippen LogP contribution in [0, 0.1) is 0 Å². The van der Waals surface area contributed by atoms with Crippen molar-refractivity contribution in [2.45, 2.75) is 78.9 Å². The van der Waals surface area contributed by atoms with Gasteiger partial charge in [0.25, 0.3) is 0 Å². The quantitative estimate of drug-likeness (QED) is 0.458. The van der Waals surface area contributed by atoms with Gasteiger partial charge in [0.05, 0.1) is 11.6 Å². The Morgan fingerprint density at radius 3 is 1.81 bits per heavy atom. The third-order valence-corrected chi connectivity index (χ3v) is 5.27. The second-order valence-corrected chi connectivity index (χ2v) is 8.43. The van der Waals surface area contributed by atoms with Gasteiger partial charge < -0.3 is 4.90 Å². The van der Waals surface area contributed by atoms with Gasteiger partial charge in [-0.2, -0.15) is 13.2 Å². The molecule has 0 saturated carbocycles. The lowest BCUT2D eigenvalue weighted by molar-refractivity contribution is -0.137. The van der Waals surface area contributed by atoms with Crippen LogP contribution in [-0.2, 0) is 22.8 Å². The lowest BCUT2D eigenvalue weighted by Crippen LogP contribution is -2.34. The number of amides is 1. The molecule has 31 heavy (non-hydrogen) atoms. The summed E-state index contributed by atoms with van der Waals surface area (Å²) in [6.07, 6.45) is -3.44. The SMILES string of the molecule is CC.CCC(=O)N(CCc1ccc(C(F)(F)F)cc1)C(C)c1ccc(C(C)(C)C)cc1. The van der Waals surface area contributed by atoms with E-state index < -0.39 is 11.7 Å². The first kappa shape index (κ1) is 26.7. The van der Waals surface area contributed by atoms with Crippen molar-refractivity contribution in [2.75, 3.05) is 6.54 Å². The molecule has 0 aromatic heterocycles. The Kier molecular flexibility index (Phi) is 9.79. The molecule has 2 aromatic rings. The van der Waals surface area contributed by atoms with Crippen molar-refractivity contribution in [1.29, 1.82) is 0 Å². The van der Waals surface area contributed by atoms with Gasteiger partial charge in [-0.25, -0.2) is 0 Å². The summed E-state index contributed by atoms with van der Waals surface area (Å²) in [4.78, 5) is 14.3. The minimum absolute atomic E-state index is 0.0318. The second kappa shape index (κ2) is 11.4. The summed E-state index contributed by atoms with van der Waals surface area (Å²) >= 11 is 0. The summed E-state index contributed by atoms with van der Waals surface area (Å²) < 4.78 is 38.2. The van der Waals surface area contributed by atoms with Crippen LogP contribution in [0.4, 0.5) is 13.2 Å². The molecular formula is C26H36F3NO. The molecule has 5 heteroatoms. The van der Waals surface area contributed by atoms with E-state index in [1.165, 1.54) is 17.7 Å². The van der Waals surface area contributed by atoms with E-state index in [2.05, 4.69) is 45.0 Å². The number of carbonyl (C=O) groups excluding carboxylic acids is 1. The number of alkyl halides is 3. The van der Waals surface area contributed by atoms with Crippen LogP contribution >= 0.6 is 0 Å². The molecule has 2 rings (SSSR count).